The summed E-state index contributed by atoms with van der Waals surface area (Å²) in [4.78, 5) is 22.6. The Hall–Kier alpha value is -5.77. The normalized spacial score (nSPS) is 10.6. The summed E-state index contributed by atoms with van der Waals surface area (Å²) in [6, 6.07) is 43.1. The summed E-state index contributed by atoms with van der Waals surface area (Å²) in [6.07, 6.45) is 10.1. The summed E-state index contributed by atoms with van der Waals surface area (Å²) in [5, 5.41) is 5.81. The number of hydrogen-bond acceptors (Lipinski definition) is 6. The average molecular weight is 918 g/mol. The molecule has 304 valence electrons. The summed E-state index contributed by atoms with van der Waals surface area (Å²) in [5.74, 6) is 1.41. The van der Waals surface area contributed by atoms with Crippen LogP contribution in [0.4, 0.5) is 17.1 Å². The van der Waals surface area contributed by atoms with Crippen molar-refractivity contribution < 1.29 is 14.3 Å². The van der Waals surface area contributed by atoms with E-state index < -0.39 is 0 Å². The summed E-state index contributed by atoms with van der Waals surface area (Å²) in [6.45, 7) is 8.96. The van der Waals surface area contributed by atoms with Gasteiger partial charge in [0.2, 0.25) is 5.91 Å². The summed E-state index contributed by atoms with van der Waals surface area (Å²) >= 11 is 7.04. The van der Waals surface area contributed by atoms with Gasteiger partial charge in [0.1, 0.15) is 30.4 Å². The lowest BCUT2D eigenvalue weighted by atomic mass is 10.1. The number of benzene rings is 6. The number of hydrogen-bond donors (Lipinski definition) is 2. The largest absolute Gasteiger partial charge is 0.486 e. The van der Waals surface area contributed by atoms with Crippen LogP contribution in [0.15, 0.2) is 172 Å². The van der Waals surface area contributed by atoms with Gasteiger partial charge in [0.15, 0.2) is 0 Å². The van der Waals surface area contributed by atoms with E-state index in [0.29, 0.717) is 42.4 Å². The third-order valence-corrected chi connectivity index (χ3v) is 9.70. The fourth-order valence-electron chi connectivity index (χ4n) is 5.71. The number of halogens is 2. The molecular weight excluding hydrogens is 866 g/mol. The number of carbonyl (C=O) groups excluding carboxylic acids is 1. The predicted molar refractivity (Wildman–Crippen MR) is 251 cm³/mol. The molecule has 0 aliphatic heterocycles. The van der Waals surface area contributed by atoms with Gasteiger partial charge in [-0.25, -0.2) is 0 Å². The van der Waals surface area contributed by atoms with E-state index in [4.69, 9.17) is 15.2 Å². The first-order chi connectivity index (χ1) is 28.6. The molecule has 0 unspecified atom stereocenters. The van der Waals surface area contributed by atoms with Crippen LogP contribution in [0.2, 0.25) is 0 Å². The summed E-state index contributed by atoms with van der Waals surface area (Å²) < 4.78 is 14.0. The Morgan fingerprint density at radius 3 is 1.63 bits per heavy atom. The van der Waals surface area contributed by atoms with Gasteiger partial charge in [-0.3, -0.25) is 4.79 Å². The van der Waals surface area contributed by atoms with E-state index in [1.54, 1.807) is 12.1 Å². The van der Waals surface area contributed by atoms with Crippen LogP contribution < -0.4 is 20.5 Å². The number of nitrogen functional groups attached to an aromatic ring is 1. The maximum absolute atomic E-state index is 12.7. The molecule has 0 atom stereocenters. The van der Waals surface area contributed by atoms with Gasteiger partial charge in [0.05, 0.1) is 17.8 Å². The first-order valence-corrected chi connectivity index (χ1v) is 20.9. The lowest BCUT2D eigenvalue weighted by Gasteiger charge is -2.17. The van der Waals surface area contributed by atoms with Gasteiger partial charge < -0.3 is 20.5 Å². The minimum atomic E-state index is -0.0708. The van der Waals surface area contributed by atoms with Gasteiger partial charge in [0.25, 0.3) is 0 Å². The second-order valence-corrected chi connectivity index (χ2v) is 15.5. The maximum atomic E-state index is 12.7. The predicted octanol–water partition coefficient (Wildman–Crippen LogP) is 13.8. The monoisotopic (exact) mass is 915 g/mol. The first kappa shape index (κ1) is 45.9. The molecule has 6 aromatic carbocycles. The van der Waals surface area contributed by atoms with Crippen molar-refractivity contribution >= 4 is 54.8 Å². The van der Waals surface area contributed by atoms with E-state index >= 15 is 0 Å². The van der Waals surface area contributed by atoms with Gasteiger partial charge in [-0.1, -0.05) is 164 Å². The van der Waals surface area contributed by atoms with Crippen molar-refractivity contribution in [3.8, 4) is 11.5 Å². The Balaban J connectivity index is 0.000000226. The highest BCUT2D eigenvalue weighted by Gasteiger charge is 2.15. The highest BCUT2D eigenvalue weighted by molar-refractivity contribution is 9.10. The van der Waals surface area contributed by atoms with Gasteiger partial charge in [-0.15, -0.1) is 4.91 Å². The maximum Gasteiger partial charge on any atom is 0.228 e. The molecule has 6 rings (SSSR count). The molecule has 0 fully saturated rings. The van der Waals surface area contributed by atoms with E-state index in [9.17, 15) is 9.70 Å². The molecule has 9 heteroatoms. The Morgan fingerprint density at radius 2 is 1.12 bits per heavy atom. The van der Waals surface area contributed by atoms with E-state index in [2.05, 4.69) is 60.6 Å². The number of nitroso groups, excluding NO2 is 1. The molecule has 0 spiro atoms. The Labute approximate surface area is 365 Å². The SMILES string of the molecule is C/C=C/Cc1cc(Br)cc(N)c1OCc1ccccc1.C/C=C/Cc1cc(Br)cc(NC(=O)Cc2ccc(C)cc2)c1OCc1ccccc1.Cc1ccc(N=O)cc1. The van der Waals surface area contributed by atoms with Crippen molar-refractivity contribution in [1.29, 1.82) is 0 Å². The molecule has 1 amide bonds. The van der Waals surface area contributed by atoms with Crippen molar-refractivity contribution in [2.24, 2.45) is 5.18 Å². The van der Waals surface area contributed by atoms with Crippen molar-refractivity contribution in [3.05, 3.63) is 211 Å². The van der Waals surface area contributed by atoms with Crippen LogP contribution in [0.3, 0.4) is 0 Å². The fourth-order valence-corrected chi connectivity index (χ4v) is 6.73. The smallest absolute Gasteiger partial charge is 0.228 e. The number of amides is 1. The van der Waals surface area contributed by atoms with Crippen LogP contribution in [-0.2, 0) is 37.3 Å². The van der Waals surface area contributed by atoms with Gasteiger partial charge >= 0.3 is 0 Å². The molecule has 59 heavy (non-hydrogen) atoms. The average Bonchev–Trinajstić information content (AvgIpc) is 3.23. The Kier molecular flexibility index (Phi) is 19.4. The van der Waals surface area contributed by atoms with E-state index in [1.807, 2.05) is 155 Å². The third kappa shape index (κ3) is 16.2. The highest BCUT2D eigenvalue weighted by Crippen LogP contribution is 2.35. The zero-order valence-electron chi connectivity index (χ0n) is 34.0. The lowest BCUT2D eigenvalue weighted by molar-refractivity contribution is -0.115. The fraction of sp³-hybridized carbons (Fsp3) is 0.180. The third-order valence-electron chi connectivity index (χ3n) is 8.79. The first-order valence-electron chi connectivity index (χ1n) is 19.3. The molecule has 0 saturated heterocycles. The second-order valence-electron chi connectivity index (χ2n) is 13.7. The van der Waals surface area contributed by atoms with E-state index in [0.717, 1.165) is 60.9 Å². The molecule has 0 radical (unpaired) electrons. The molecular formula is C50H51Br2N3O4. The molecule has 6 aromatic rings. The van der Waals surface area contributed by atoms with Crippen LogP contribution in [-0.4, -0.2) is 5.91 Å². The molecule has 0 aliphatic rings. The highest BCUT2D eigenvalue weighted by atomic mass is 79.9. The number of allylic oxidation sites excluding steroid dienone is 4. The van der Waals surface area contributed by atoms with Crippen LogP contribution in [0, 0.1) is 18.8 Å². The number of nitrogens with zero attached hydrogens (tertiary/aromatic N) is 1. The quantitative estimate of drug-likeness (QED) is 0.0644. The Morgan fingerprint density at radius 1 is 0.644 bits per heavy atom. The summed E-state index contributed by atoms with van der Waals surface area (Å²) in [5.41, 5.74) is 15.5. The number of rotatable bonds is 14. The van der Waals surface area contributed by atoms with E-state index in [-0.39, 0.29) is 5.91 Å². The molecule has 0 heterocycles. The van der Waals surface area contributed by atoms with Crippen molar-refractivity contribution in [2.75, 3.05) is 11.1 Å². The van der Waals surface area contributed by atoms with Gasteiger partial charge in [-0.05, 0) is 98.8 Å². The number of carbonyl (C=O) groups is 1. The number of nitrogens with two attached hydrogens (primary N) is 1. The molecule has 0 aliphatic carbocycles. The van der Waals surface area contributed by atoms with Crippen LogP contribution in [0.1, 0.15) is 52.8 Å². The minimum absolute atomic E-state index is 0.0708. The zero-order chi connectivity index (χ0) is 42.4. The minimum Gasteiger partial charge on any atom is -0.486 e. The van der Waals surface area contributed by atoms with Crippen LogP contribution in [0.25, 0.3) is 0 Å². The molecule has 0 bridgehead atoms. The number of nitrogens with one attached hydrogen (secondary N) is 1. The molecule has 0 saturated carbocycles. The Bertz CT molecular complexity index is 2280. The second kappa shape index (κ2) is 24.9. The van der Waals surface area contributed by atoms with Crippen molar-refractivity contribution in [3.63, 3.8) is 0 Å². The topological polar surface area (TPSA) is 103 Å². The molecule has 3 N–H and O–H groups in total. The standard InChI is InChI=1S/C26H26BrNO2.C17H18BrNO.C7H7NO/c1-3-4-10-22-16-23(27)17-24(26(22)30-18-21-8-6-5-7-9-21)28-25(29)15-20-13-11-19(2)12-14-20;1-2-3-9-14-10-15(18)11-16(19)17(14)20-12-13-7-5-4-6-8-13;1-6-2-4-7(8-9)5-3-6/h3-9,11-14,16-17H,10,15,18H2,1-2H3,(H,28,29);2-8,10-11H,9,12,19H2,1H3;2-5H,1H3/b4-3+;3-2+;. The van der Waals surface area contributed by atoms with Crippen LogP contribution >= 0.6 is 31.9 Å². The van der Waals surface area contributed by atoms with Gasteiger partial charge in [0, 0.05) is 20.1 Å². The van der Waals surface area contributed by atoms with Crippen molar-refractivity contribution in [1.82, 2.24) is 0 Å². The molecule has 7 nitrogen and oxygen atoms in total. The number of ether oxygens (including phenoxy) is 2. The van der Waals surface area contributed by atoms with Crippen molar-refractivity contribution in [2.45, 2.75) is 60.2 Å². The number of anilines is 2. The molecule has 0 aromatic heterocycles. The summed E-state index contributed by atoms with van der Waals surface area (Å²) in [7, 11) is 0. The van der Waals surface area contributed by atoms with E-state index in [1.165, 1.54) is 5.56 Å². The van der Waals surface area contributed by atoms with Crippen LogP contribution in [0.5, 0.6) is 11.5 Å². The van der Waals surface area contributed by atoms with Gasteiger partial charge in [-0.2, -0.15) is 0 Å². The number of aryl methyl sites for hydroxylation is 2. The lowest BCUT2D eigenvalue weighted by Crippen LogP contribution is -2.16. The zero-order valence-corrected chi connectivity index (χ0v) is 37.1.